The molecule has 1 aromatic rings. The van der Waals surface area contributed by atoms with Crippen LogP contribution in [-0.2, 0) is 11.2 Å². The van der Waals surface area contributed by atoms with Crippen molar-refractivity contribution in [3.8, 4) is 0 Å². The number of carbonyl (C=O) groups excluding carboxylic acids is 1. The van der Waals surface area contributed by atoms with Crippen LogP contribution >= 0.6 is 0 Å². The van der Waals surface area contributed by atoms with Gasteiger partial charge in [-0.2, -0.15) is 0 Å². The predicted molar refractivity (Wildman–Crippen MR) is 128 cm³/mol. The molecule has 0 heterocycles. The number of benzene rings is 1. The number of hydrogen-bond acceptors (Lipinski definition) is 7. The first kappa shape index (κ1) is 29.5. The maximum atomic E-state index is 12.1. The molecule has 0 aliphatic rings. The molecule has 0 unspecified atom stereocenters. The van der Waals surface area contributed by atoms with Gasteiger partial charge in [0, 0.05) is 0 Å². The van der Waals surface area contributed by atoms with Gasteiger partial charge in [-0.3, -0.25) is 0 Å². The summed E-state index contributed by atoms with van der Waals surface area (Å²) in [5.41, 5.74) is 1.48. The predicted octanol–water partition coefficient (Wildman–Crippen LogP) is 3.13. The van der Waals surface area contributed by atoms with Gasteiger partial charge in [0.1, 0.15) is 31.0 Å². The van der Waals surface area contributed by atoms with Crippen molar-refractivity contribution >= 4 is 5.97 Å². The summed E-state index contributed by atoms with van der Waals surface area (Å²) >= 11 is 0. The summed E-state index contributed by atoms with van der Waals surface area (Å²) in [7, 11) is 0. The molecule has 1 rings (SSSR count). The Morgan fingerprint density at radius 1 is 0.758 bits per heavy atom. The van der Waals surface area contributed by atoms with E-state index in [0.29, 0.717) is 5.56 Å². The molecule has 33 heavy (non-hydrogen) atoms. The van der Waals surface area contributed by atoms with Crippen LogP contribution in [0.5, 0.6) is 0 Å². The molecule has 7 heteroatoms. The molecule has 190 valence electrons. The maximum absolute atomic E-state index is 12.1. The summed E-state index contributed by atoms with van der Waals surface area (Å²) in [6, 6.07) is 7.12. The van der Waals surface area contributed by atoms with E-state index in [1.165, 1.54) is 64.2 Å². The van der Waals surface area contributed by atoms with Crippen molar-refractivity contribution in [1.29, 1.82) is 0 Å². The molecule has 5 N–H and O–H groups in total. The third-order valence-corrected chi connectivity index (χ3v) is 5.97. The lowest BCUT2D eigenvalue weighted by Gasteiger charge is -2.25. The molecule has 0 spiro atoms. The molecule has 0 saturated carbocycles. The number of hydrogen-bond donors (Lipinski definition) is 5. The second-order valence-corrected chi connectivity index (χ2v) is 8.88. The van der Waals surface area contributed by atoms with Crippen molar-refractivity contribution in [2.75, 3.05) is 13.2 Å². The highest BCUT2D eigenvalue weighted by atomic mass is 16.5. The molecule has 7 nitrogen and oxygen atoms in total. The van der Waals surface area contributed by atoms with Crippen molar-refractivity contribution in [1.82, 2.24) is 0 Å². The first-order chi connectivity index (χ1) is 15.9. The molecule has 0 radical (unpaired) electrons. The summed E-state index contributed by atoms with van der Waals surface area (Å²) in [6.07, 6.45) is 8.59. The van der Waals surface area contributed by atoms with Crippen LogP contribution in [0.2, 0.25) is 0 Å². The van der Waals surface area contributed by atoms with E-state index < -0.39 is 43.6 Å². The van der Waals surface area contributed by atoms with Gasteiger partial charge in [0.2, 0.25) is 0 Å². The standard InChI is InChI=1S/C26H44O7/c1-2-3-4-5-6-7-8-9-10-11-12-13-20-14-16-21(17-15-20)26(32)33-19-23(29)25(31)24(30)22(28)18-27/h14-17,22-25,27-31H,2-13,18-19H2,1H3/t22-,23+,24+,25+/m0/s1. The fraction of sp³-hybridized carbons (Fsp3) is 0.731. The molecule has 0 bridgehead atoms. The minimum Gasteiger partial charge on any atom is -0.459 e. The van der Waals surface area contributed by atoms with Crippen LogP contribution in [0.1, 0.15) is 93.5 Å². The largest absolute Gasteiger partial charge is 0.459 e. The zero-order valence-corrected chi connectivity index (χ0v) is 20.1. The van der Waals surface area contributed by atoms with Gasteiger partial charge >= 0.3 is 5.97 Å². The van der Waals surface area contributed by atoms with Crippen LogP contribution in [-0.4, -0.2) is 69.1 Å². The number of rotatable bonds is 19. The van der Waals surface area contributed by atoms with Gasteiger partial charge in [0.25, 0.3) is 0 Å². The van der Waals surface area contributed by atoms with Crippen molar-refractivity contribution in [3.05, 3.63) is 35.4 Å². The van der Waals surface area contributed by atoms with Gasteiger partial charge < -0.3 is 30.3 Å². The van der Waals surface area contributed by atoms with E-state index in [4.69, 9.17) is 9.84 Å². The van der Waals surface area contributed by atoms with Crippen molar-refractivity contribution in [2.24, 2.45) is 0 Å². The fourth-order valence-corrected chi connectivity index (χ4v) is 3.71. The fourth-order valence-electron chi connectivity index (χ4n) is 3.71. The smallest absolute Gasteiger partial charge is 0.338 e. The highest BCUT2D eigenvalue weighted by molar-refractivity contribution is 5.89. The van der Waals surface area contributed by atoms with E-state index in [1.54, 1.807) is 12.1 Å². The van der Waals surface area contributed by atoms with Gasteiger partial charge in [-0.05, 0) is 30.5 Å². The number of aliphatic hydroxyl groups excluding tert-OH is 5. The van der Waals surface area contributed by atoms with Crippen LogP contribution in [0.15, 0.2) is 24.3 Å². The third kappa shape index (κ3) is 12.5. The average molecular weight is 469 g/mol. The monoisotopic (exact) mass is 468 g/mol. The third-order valence-electron chi connectivity index (χ3n) is 5.97. The molecule has 0 aliphatic heterocycles. The Balaban J connectivity index is 2.20. The van der Waals surface area contributed by atoms with Crippen LogP contribution in [0, 0.1) is 0 Å². The normalized spacial score (nSPS) is 15.1. The van der Waals surface area contributed by atoms with E-state index >= 15 is 0 Å². The van der Waals surface area contributed by atoms with Gasteiger partial charge in [0.05, 0.1) is 12.2 Å². The summed E-state index contributed by atoms with van der Waals surface area (Å²) in [6.45, 7) is 0.930. The lowest BCUT2D eigenvalue weighted by atomic mass is 10.0. The number of ether oxygens (including phenoxy) is 1. The Morgan fingerprint density at radius 2 is 1.24 bits per heavy atom. The molecular weight excluding hydrogens is 424 g/mol. The Labute approximate surface area is 198 Å². The summed E-state index contributed by atoms with van der Waals surface area (Å²) in [5, 5.41) is 47.2. The average Bonchev–Trinajstić information content (AvgIpc) is 2.84. The van der Waals surface area contributed by atoms with Crippen molar-refractivity contribution < 1.29 is 35.1 Å². The lowest BCUT2D eigenvalue weighted by Crippen LogP contribution is -2.47. The van der Waals surface area contributed by atoms with Gasteiger partial charge in [0.15, 0.2) is 0 Å². The first-order valence-corrected chi connectivity index (χ1v) is 12.5. The van der Waals surface area contributed by atoms with E-state index in [2.05, 4.69) is 6.92 Å². The van der Waals surface area contributed by atoms with Gasteiger partial charge in [-0.1, -0.05) is 83.3 Å². The lowest BCUT2D eigenvalue weighted by molar-refractivity contribution is -0.124. The number of aryl methyl sites for hydroxylation is 1. The Kier molecular flexibility index (Phi) is 16.0. The number of unbranched alkanes of at least 4 members (excludes halogenated alkanes) is 10. The van der Waals surface area contributed by atoms with Gasteiger partial charge in [-0.15, -0.1) is 0 Å². The summed E-state index contributed by atoms with van der Waals surface area (Å²) in [4.78, 5) is 12.1. The molecule has 4 atom stereocenters. The van der Waals surface area contributed by atoms with Crippen LogP contribution in [0.25, 0.3) is 0 Å². The molecule has 0 amide bonds. The van der Waals surface area contributed by atoms with Crippen molar-refractivity contribution in [3.63, 3.8) is 0 Å². The molecule has 0 aromatic heterocycles. The second-order valence-electron chi connectivity index (χ2n) is 8.88. The highest BCUT2D eigenvalue weighted by Gasteiger charge is 2.30. The molecule has 1 aromatic carbocycles. The van der Waals surface area contributed by atoms with E-state index in [-0.39, 0.29) is 0 Å². The second kappa shape index (κ2) is 17.9. The van der Waals surface area contributed by atoms with E-state index in [9.17, 15) is 25.2 Å². The minimum atomic E-state index is -1.76. The van der Waals surface area contributed by atoms with Crippen LogP contribution < -0.4 is 0 Å². The molecule has 0 saturated heterocycles. The van der Waals surface area contributed by atoms with Crippen molar-refractivity contribution in [2.45, 2.75) is 108 Å². The van der Waals surface area contributed by atoms with E-state index in [0.717, 1.165) is 18.4 Å². The number of aliphatic hydroxyl groups is 5. The maximum Gasteiger partial charge on any atom is 0.338 e. The zero-order chi connectivity index (χ0) is 24.5. The van der Waals surface area contributed by atoms with Crippen LogP contribution in [0.4, 0.5) is 0 Å². The van der Waals surface area contributed by atoms with Gasteiger partial charge in [-0.25, -0.2) is 4.79 Å². The minimum absolute atomic E-state index is 0.329. The Bertz CT molecular complexity index is 620. The topological polar surface area (TPSA) is 127 Å². The zero-order valence-electron chi connectivity index (χ0n) is 20.1. The number of esters is 1. The Hall–Kier alpha value is -1.51. The highest BCUT2D eigenvalue weighted by Crippen LogP contribution is 2.14. The Morgan fingerprint density at radius 3 is 1.76 bits per heavy atom. The summed E-state index contributed by atoms with van der Waals surface area (Å²) in [5.74, 6) is -0.653. The first-order valence-electron chi connectivity index (χ1n) is 12.5. The molecular formula is C26H44O7. The van der Waals surface area contributed by atoms with Crippen LogP contribution in [0.3, 0.4) is 0 Å². The summed E-state index contributed by atoms with van der Waals surface area (Å²) < 4.78 is 4.98. The quantitative estimate of drug-likeness (QED) is 0.156. The SMILES string of the molecule is CCCCCCCCCCCCCc1ccc(C(=O)OC[C@@H](O)[C@@H](O)[C@H](O)[C@@H](O)CO)cc1. The molecule has 0 aliphatic carbocycles. The number of carbonyl (C=O) groups is 1. The molecule has 0 fully saturated rings. The van der Waals surface area contributed by atoms with E-state index in [1.807, 2.05) is 12.1 Å².